The Kier molecular flexibility index (Phi) is 2.47. The summed E-state index contributed by atoms with van der Waals surface area (Å²) in [6.45, 7) is 1.77. The van der Waals surface area contributed by atoms with Crippen LogP contribution in [0.1, 0.15) is 12.6 Å². The molecule has 1 heterocycles. The lowest BCUT2D eigenvalue weighted by molar-refractivity contribution is 0.249. The molecule has 0 saturated carbocycles. The van der Waals surface area contributed by atoms with Gasteiger partial charge in [-0.1, -0.05) is 0 Å². The largest absolute Gasteiger partial charge is 0.360 e. The molecule has 0 unspecified atom stereocenters. The van der Waals surface area contributed by atoms with E-state index in [1.807, 2.05) is 12.1 Å². The first-order chi connectivity index (χ1) is 5.70. The fourth-order valence-corrected chi connectivity index (χ4v) is 0.755. The number of nitrogens with one attached hydrogen (secondary N) is 2. The Bertz CT molecular complexity index is 288. The van der Waals surface area contributed by atoms with Crippen LogP contribution in [0.4, 0.5) is 4.79 Å². The number of hydrogen-bond donors (Lipinski definition) is 3. The molecule has 0 atom stereocenters. The van der Waals surface area contributed by atoms with E-state index in [0.717, 1.165) is 5.69 Å². The van der Waals surface area contributed by atoms with Crippen LogP contribution >= 0.6 is 0 Å². The first kappa shape index (κ1) is 8.32. The van der Waals surface area contributed by atoms with Crippen LogP contribution in [0.5, 0.6) is 0 Å². The number of primary amides is 1. The summed E-state index contributed by atoms with van der Waals surface area (Å²) in [5.74, 6) is 0. The van der Waals surface area contributed by atoms with Crippen LogP contribution in [0.2, 0.25) is 0 Å². The lowest BCUT2D eigenvalue weighted by Gasteiger charge is -1.96. The van der Waals surface area contributed by atoms with Gasteiger partial charge in [0.2, 0.25) is 0 Å². The third-order valence-electron chi connectivity index (χ3n) is 1.32. The van der Waals surface area contributed by atoms with Crippen molar-refractivity contribution in [3.05, 3.63) is 24.0 Å². The molecule has 0 aromatic carbocycles. The van der Waals surface area contributed by atoms with Crippen LogP contribution in [0.25, 0.3) is 0 Å². The number of urea groups is 1. The predicted octanol–water partition coefficient (Wildman–Crippen LogP) is 0.407. The maximum absolute atomic E-state index is 10.3. The van der Waals surface area contributed by atoms with E-state index in [-0.39, 0.29) is 0 Å². The highest BCUT2D eigenvalue weighted by Crippen LogP contribution is 1.95. The van der Waals surface area contributed by atoms with Crippen molar-refractivity contribution < 1.29 is 4.79 Å². The fraction of sp³-hybridized carbons (Fsp3) is 0.143. The number of carbonyl (C=O) groups excluding carboxylic acids is 1. The summed E-state index contributed by atoms with van der Waals surface area (Å²) in [6, 6.07) is 3.03. The number of carbonyl (C=O) groups is 1. The number of amides is 2. The number of nitrogens with two attached hydrogens (primary N) is 1. The maximum atomic E-state index is 10.3. The second kappa shape index (κ2) is 3.56. The Balaban J connectivity index is 2.65. The summed E-state index contributed by atoms with van der Waals surface area (Å²) in [6.07, 6.45) is 1.78. The number of rotatable bonds is 2. The van der Waals surface area contributed by atoms with Crippen LogP contribution in [-0.4, -0.2) is 16.7 Å². The number of hydrazone groups is 1. The minimum absolute atomic E-state index is 0.666. The Morgan fingerprint density at radius 1 is 1.75 bits per heavy atom. The van der Waals surface area contributed by atoms with Crippen LogP contribution in [-0.2, 0) is 0 Å². The zero-order valence-electron chi connectivity index (χ0n) is 6.66. The van der Waals surface area contributed by atoms with E-state index in [4.69, 9.17) is 5.73 Å². The smallest absolute Gasteiger partial charge is 0.332 e. The lowest BCUT2D eigenvalue weighted by atomic mass is 10.3. The van der Waals surface area contributed by atoms with Crippen molar-refractivity contribution in [2.24, 2.45) is 10.8 Å². The molecule has 0 aliphatic carbocycles. The molecule has 5 nitrogen and oxygen atoms in total. The molecule has 64 valence electrons. The average molecular weight is 166 g/mol. The molecular formula is C7H10N4O. The summed E-state index contributed by atoms with van der Waals surface area (Å²) in [5, 5.41) is 3.73. The highest BCUT2D eigenvalue weighted by atomic mass is 16.2. The van der Waals surface area contributed by atoms with Crippen molar-refractivity contribution in [3.8, 4) is 0 Å². The molecule has 0 radical (unpaired) electrons. The van der Waals surface area contributed by atoms with Crippen molar-refractivity contribution in [3.63, 3.8) is 0 Å². The molecule has 1 aromatic rings. The van der Waals surface area contributed by atoms with Gasteiger partial charge in [-0.2, -0.15) is 5.10 Å². The van der Waals surface area contributed by atoms with Crippen molar-refractivity contribution in [2.75, 3.05) is 0 Å². The summed E-state index contributed by atoms with van der Waals surface area (Å²) in [5.41, 5.74) is 8.50. The minimum atomic E-state index is -0.666. The van der Waals surface area contributed by atoms with Gasteiger partial charge >= 0.3 is 6.03 Å². The molecule has 0 saturated heterocycles. The fourth-order valence-electron chi connectivity index (χ4n) is 0.755. The molecule has 0 spiro atoms. The van der Waals surface area contributed by atoms with Gasteiger partial charge in [-0.15, -0.1) is 0 Å². The second-order valence-electron chi connectivity index (χ2n) is 2.26. The van der Waals surface area contributed by atoms with Gasteiger partial charge in [0.25, 0.3) is 0 Å². The van der Waals surface area contributed by atoms with Crippen LogP contribution in [0.15, 0.2) is 23.4 Å². The second-order valence-corrected chi connectivity index (χ2v) is 2.26. The summed E-state index contributed by atoms with van der Waals surface area (Å²) >= 11 is 0. The van der Waals surface area contributed by atoms with Gasteiger partial charge in [-0.3, -0.25) is 0 Å². The van der Waals surface area contributed by atoms with Gasteiger partial charge in [-0.25, -0.2) is 10.2 Å². The monoisotopic (exact) mass is 166 g/mol. The zero-order valence-corrected chi connectivity index (χ0v) is 6.66. The molecule has 0 fully saturated rings. The standard InChI is InChI=1S/C7H10N4O/c1-5(10-11-7(8)12)6-3-2-4-9-6/h2-4,9H,1H3,(H3,8,11,12). The van der Waals surface area contributed by atoms with E-state index in [9.17, 15) is 4.79 Å². The molecule has 0 aliphatic rings. The average Bonchev–Trinajstić information content (AvgIpc) is 2.51. The van der Waals surface area contributed by atoms with Crippen molar-refractivity contribution in [1.82, 2.24) is 10.4 Å². The summed E-state index contributed by atoms with van der Waals surface area (Å²) in [7, 11) is 0. The zero-order chi connectivity index (χ0) is 8.97. The summed E-state index contributed by atoms with van der Waals surface area (Å²) < 4.78 is 0. The van der Waals surface area contributed by atoms with E-state index in [1.165, 1.54) is 0 Å². The van der Waals surface area contributed by atoms with E-state index in [0.29, 0.717) is 5.71 Å². The minimum Gasteiger partial charge on any atom is -0.360 e. The molecule has 2 amide bonds. The van der Waals surface area contributed by atoms with Crippen molar-refractivity contribution in [2.45, 2.75) is 6.92 Å². The van der Waals surface area contributed by atoms with Crippen molar-refractivity contribution in [1.29, 1.82) is 0 Å². The highest BCUT2D eigenvalue weighted by Gasteiger charge is 1.96. The predicted molar refractivity (Wildman–Crippen MR) is 45.7 cm³/mol. The SMILES string of the molecule is CC(=NNC(N)=O)c1ccc[nH]1. The maximum Gasteiger partial charge on any atom is 0.332 e. The first-order valence-corrected chi connectivity index (χ1v) is 3.43. The molecule has 12 heavy (non-hydrogen) atoms. The number of aromatic amines is 1. The Hall–Kier alpha value is -1.78. The number of nitrogens with zero attached hydrogens (tertiary/aromatic N) is 1. The van der Waals surface area contributed by atoms with Crippen LogP contribution in [0.3, 0.4) is 0 Å². The van der Waals surface area contributed by atoms with E-state index in [1.54, 1.807) is 13.1 Å². The third kappa shape index (κ3) is 2.12. The van der Waals surface area contributed by atoms with Gasteiger partial charge in [0.1, 0.15) is 0 Å². The molecule has 1 rings (SSSR count). The van der Waals surface area contributed by atoms with Gasteiger partial charge in [0.15, 0.2) is 0 Å². The Morgan fingerprint density at radius 3 is 3.00 bits per heavy atom. The van der Waals surface area contributed by atoms with Gasteiger partial charge in [0, 0.05) is 6.20 Å². The van der Waals surface area contributed by atoms with Gasteiger partial charge in [-0.05, 0) is 19.1 Å². The molecule has 5 heteroatoms. The summed E-state index contributed by atoms with van der Waals surface area (Å²) in [4.78, 5) is 13.2. The molecule has 0 bridgehead atoms. The van der Waals surface area contributed by atoms with Crippen molar-refractivity contribution >= 4 is 11.7 Å². The van der Waals surface area contributed by atoms with E-state index in [2.05, 4.69) is 15.5 Å². The number of aromatic nitrogens is 1. The van der Waals surface area contributed by atoms with E-state index < -0.39 is 6.03 Å². The van der Waals surface area contributed by atoms with Gasteiger partial charge in [0.05, 0.1) is 11.4 Å². The molecule has 0 aliphatic heterocycles. The van der Waals surface area contributed by atoms with Crippen LogP contribution < -0.4 is 11.2 Å². The molecule has 4 N–H and O–H groups in total. The number of hydrogen-bond acceptors (Lipinski definition) is 2. The lowest BCUT2D eigenvalue weighted by Crippen LogP contribution is -2.25. The van der Waals surface area contributed by atoms with Crippen LogP contribution in [0, 0.1) is 0 Å². The first-order valence-electron chi connectivity index (χ1n) is 3.43. The topological polar surface area (TPSA) is 83.3 Å². The van der Waals surface area contributed by atoms with E-state index >= 15 is 0 Å². The highest BCUT2D eigenvalue weighted by molar-refractivity contribution is 5.97. The Labute approximate surface area is 69.7 Å². The normalized spacial score (nSPS) is 11.2. The quantitative estimate of drug-likeness (QED) is 0.431. The van der Waals surface area contributed by atoms with Gasteiger partial charge < -0.3 is 10.7 Å². The molecule has 1 aromatic heterocycles. The molecular weight excluding hydrogens is 156 g/mol. The Morgan fingerprint density at radius 2 is 2.50 bits per heavy atom. The third-order valence-corrected chi connectivity index (χ3v) is 1.32. The number of H-pyrrole nitrogens is 1.